The summed E-state index contributed by atoms with van der Waals surface area (Å²) in [6.07, 6.45) is 5.33. The van der Waals surface area contributed by atoms with E-state index in [4.69, 9.17) is 5.73 Å². The van der Waals surface area contributed by atoms with E-state index in [0.717, 1.165) is 3.57 Å². The Morgan fingerprint density at radius 2 is 2.27 bits per heavy atom. The second kappa shape index (κ2) is 2.33. The predicted molar refractivity (Wildman–Crippen MR) is 50.1 cm³/mol. The van der Waals surface area contributed by atoms with E-state index in [9.17, 15) is 0 Å². The van der Waals surface area contributed by atoms with Crippen molar-refractivity contribution in [2.45, 2.75) is 0 Å². The predicted octanol–water partition coefficient (Wildman–Crippen LogP) is 0.916. The fourth-order valence-corrected chi connectivity index (χ4v) is 1.32. The van der Waals surface area contributed by atoms with E-state index in [2.05, 4.69) is 32.6 Å². The molecular weight excluding hydrogens is 255 g/mol. The zero-order valence-electron chi connectivity index (χ0n) is 5.53. The van der Waals surface area contributed by atoms with E-state index >= 15 is 0 Å². The number of fused-ring (bicyclic) bond motifs is 1. The molecule has 0 saturated heterocycles. The third kappa shape index (κ3) is 1.05. The van der Waals surface area contributed by atoms with Crippen LogP contribution in [-0.2, 0) is 0 Å². The molecule has 4 nitrogen and oxygen atoms in total. The zero-order chi connectivity index (χ0) is 7.84. The molecule has 0 saturated carbocycles. The second-order valence-corrected chi connectivity index (χ2v) is 3.38. The maximum atomic E-state index is 5.53. The molecule has 0 aliphatic rings. The molecule has 2 aromatic rings. The summed E-state index contributed by atoms with van der Waals surface area (Å²) in [5, 5.41) is 0. The minimum atomic E-state index is 0.474. The Hall–Kier alpha value is -0.850. The summed E-state index contributed by atoms with van der Waals surface area (Å²) in [5.74, 6) is 0.474. The summed E-state index contributed by atoms with van der Waals surface area (Å²) in [7, 11) is 0. The Labute approximate surface area is 76.6 Å². The maximum absolute atomic E-state index is 5.53. The molecule has 0 radical (unpaired) electrons. The maximum Gasteiger partial charge on any atom is 0.181 e. The molecule has 0 aliphatic carbocycles. The molecule has 2 aromatic heterocycles. The number of aromatic nitrogens is 3. The summed E-state index contributed by atoms with van der Waals surface area (Å²) in [6.45, 7) is 0. The first-order valence-electron chi connectivity index (χ1n) is 3.01. The molecule has 11 heavy (non-hydrogen) atoms. The molecule has 5 heteroatoms. The molecule has 0 spiro atoms. The standard InChI is InChI=1S/C6H5IN4/c7-4-1-9-6-5(8)10-3-11(6)2-4/h1-3H,8H2. The van der Waals surface area contributed by atoms with Gasteiger partial charge in [0.05, 0.1) is 0 Å². The molecule has 0 aromatic carbocycles. The molecule has 0 fully saturated rings. The van der Waals surface area contributed by atoms with Gasteiger partial charge in [0.1, 0.15) is 6.33 Å². The average molecular weight is 260 g/mol. The molecular formula is C6H5IN4. The van der Waals surface area contributed by atoms with Crippen LogP contribution < -0.4 is 5.73 Å². The summed E-state index contributed by atoms with van der Waals surface area (Å²) in [5.41, 5.74) is 6.24. The first-order chi connectivity index (χ1) is 5.27. The highest BCUT2D eigenvalue weighted by Crippen LogP contribution is 2.09. The Bertz CT molecular complexity index is 394. The number of anilines is 1. The molecule has 2 rings (SSSR count). The molecule has 2 heterocycles. The molecule has 0 unspecified atom stereocenters. The highest BCUT2D eigenvalue weighted by Gasteiger charge is 1.99. The average Bonchev–Trinajstić information content (AvgIpc) is 2.32. The van der Waals surface area contributed by atoms with Crippen LogP contribution in [0.2, 0.25) is 0 Å². The first kappa shape index (κ1) is 6.84. The third-order valence-electron chi connectivity index (χ3n) is 1.37. The molecule has 0 amide bonds. The quantitative estimate of drug-likeness (QED) is 0.716. The number of hydrogen-bond acceptors (Lipinski definition) is 3. The smallest absolute Gasteiger partial charge is 0.181 e. The summed E-state index contributed by atoms with van der Waals surface area (Å²) < 4.78 is 2.87. The third-order valence-corrected chi connectivity index (χ3v) is 1.92. The van der Waals surface area contributed by atoms with Gasteiger partial charge in [-0.05, 0) is 22.6 Å². The van der Waals surface area contributed by atoms with E-state index < -0.39 is 0 Å². The molecule has 0 bridgehead atoms. The number of nitrogens with two attached hydrogens (primary N) is 1. The van der Waals surface area contributed by atoms with Crippen LogP contribution in [0.4, 0.5) is 5.82 Å². The van der Waals surface area contributed by atoms with E-state index in [1.807, 2.05) is 6.20 Å². The van der Waals surface area contributed by atoms with Crippen molar-refractivity contribution >= 4 is 34.1 Å². The largest absolute Gasteiger partial charge is 0.381 e. The van der Waals surface area contributed by atoms with Crippen molar-refractivity contribution in [3.05, 3.63) is 22.3 Å². The Morgan fingerprint density at radius 1 is 1.45 bits per heavy atom. The number of rotatable bonds is 0. The number of imidazole rings is 1. The highest BCUT2D eigenvalue weighted by molar-refractivity contribution is 14.1. The van der Waals surface area contributed by atoms with E-state index in [-0.39, 0.29) is 0 Å². The van der Waals surface area contributed by atoms with Crippen LogP contribution in [0, 0.1) is 3.57 Å². The number of nitrogen functional groups attached to an aromatic ring is 1. The van der Waals surface area contributed by atoms with Gasteiger partial charge in [-0.25, -0.2) is 9.97 Å². The minimum Gasteiger partial charge on any atom is -0.381 e. The summed E-state index contributed by atoms with van der Waals surface area (Å²) in [6, 6.07) is 0. The van der Waals surface area contributed by atoms with Crippen molar-refractivity contribution in [1.29, 1.82) is 0 Å². The lowest BCUT2D eigenvalue weighted by Gasteiger charge is -1.92. The Morgan fingerprint density at radius 3 is 3.09 bits per heavy atom. The van der Waals surface area contributed by atoms with E-state index in [1.54, 1.807) is 16.9 Å². The lowest BCUT2D eigenvalue weighted by atomic mass is 10.6. The van der Waals surface area contributed by atoms with E-state index in [1.165, 1.54) is 0 Å². The zero-order valence-corrected chi connectivity index (χ0v) is 7.69. The molecule has 2 N–H and O–H groups in total. The van der Waals surface area contributed by atoms with Gasteiger partial charge < -0.3 is 5.73 Å². The summed E-state index contributed by atoms with van der Waals surface area (Å²) in [4.78, 5) is 8.02. The van der Waals surface area contributed by atoms with Gasteiger partial charge in [-0.15, -0.1) is 0 Å². The van der Waals surface area contributed by atoms with Crippen molar-refractivity contribution in [2.75, 3.05) is 5.73 Å². The van der Waals surface area contributed by atoms with Crippen molar-refractivity contribution < 1.29 is 0 Å². The van der Waals surface area contributed by atoms with Gasteiger partial charge >= 0.3 is 0 Å². The monoisotopic (exact) mass is 260 g/mol. The SMILES string of the molecule is Nc1ncn2cc(I)cnc12. The first-order valence-corrected chi connectivity index (χ1v) is 4.09. The van der Waals surface area contributed by atoms with E-state index in [0.29, 0.717) is 11.5 Å². The van der Waals surface area contributed by atoms with Crippen LogP contribution in [0.3, 0.4) is 0 Å². The van der Waals surface area contributed by atoms with Crippen molar-refractivity contribution in [3.63, 3.8) is 0 Å². The fraction of sp³-hybridized carbons (Fsp3) is 0. The second-order valence-electron chi connectivity index (χ2n) is 2.13. The summed E-state index contributed by atoms with van der Waals surface area (Å²) >= 11 is 2.19. The van der Waals surface area contributed by atoms with Gasteiger partial charge in [0.15, 0.2) is 11.5 Å². The van der Waals surface area contributed by atoms with Crippen LogP contribution in [-0.4, -0.2) is 14.4 Å². The van der Waals surface area contributed by atoms with Gasteiger partial charge in [-0.1, -0.05) is 0 Å². The lowest BCUT2D eigenvalue weighted by molar-refractivity contribution is 1.10. The minimum absolute atomic E-state index is 0.474. The fourth-order valence-electron chi connectivity index (χ4n) is 0.885. The topological polar surface area (TPSA) is 56.2 Å². The number of nitrogens with zero attached hydrogens (tertiary/aromatic N) is 3. The normalized spacial score (nSPS) is 10.6. The Kier molecular flexibility index (Phi) is 1.45. The van der Waals surface area contributed by atoms with Crippen LogP contribution in [0.1, 0.15) is 0 Å². The van der Waals surface area contributed by atoms with Gasteiger partial charge in [-0.2, -0.15) is 0 Å². The van der Waals surface area contributed by atoms with Crippen LogP contribution in [0.25, 0.3) is 5.65 Å². The van der Waals surface area contributed by atoms with Crippen LogP contribution >= 0.6 is 22.6 Å². The number of halogens is 1. The van der Waals surface area contributed by atoms with Gasteiger partial charge in [0.25, 0.3) is 0 Å². The van der Waals surface area contributed by atoms with Crippen molar-refractivity contribution in [2.24, 2.45) is 0 Å². The number of hydrogen-bond donors (Lipinski definition) is 1. The van der Waals surface area contributed by atoms with Crippen LogP contribution in [0.5, 0.6) is 0 Å². The van der Waals surface area contributed by atoms with Crippen molar-refractivity contribution in [1.82, 2.24) is 14.4 Å². The van der Waals surface area contributed by atoms with Gasteiger partial charge in [-0.3, -0.25) is 4.40 Å². The molecule has 0 aliphatic heterocycles. The van der Waals surface area contributed by atoms with Crippen molar-refractivity contribution in [3.8, 4) is 0 Å². The van der Waals surface area contributed by atoms with Crippen LogP contribution in [0.15, 0.2) is 18.7 Å². The molecule has 56 valence electrons. The highest BCUT2D eigenvalue weighted by atomic mass is 127. The molecule has 0 atom stereocenters. The Balaban J connectivity index is 2.86. The lowest BCUT2D eigenvalue weighted by Crippen LogP contribution is -1.90. The van der Waals surface area contributed by atoms with Gasteiger partial charge in [0, 0.05) is 16.0 Å². The van der Waals surface area contributed by atoms with Gasteiger partial charge in [0.2, 0.25) is 0 Å².